The first-order valence-electron chi connectivity index (χ1n) is 5.40. The molecular formula is C12H20N2. The predicted molar refractivity (Wildman–Crippen MR) is 60.2 cm³/mol. The SMILES string of the molecule is CCCN(C)C(CC)c1ccccn1. The van der Waals surface area contributed by atoms with E-state index in [1.165, 1.54) is 12.1 Å². The largest absolute Gasteiger partial charge is 0.298 e. The highest BCUT2D eigenvalue weighted by molar-refractivity contribution is 5.08. The van der Waals surface area contributed by atoms with Crippen LogP contribution in [0.15, 0.2) is 24.4 Å². The monoisotopic (exact) mass is 192 g/mol. The minimum atomic E-state index is 0.469. The van der Waals surface area contributed by atoms with E-state index in [0.29, 0.717) is 6.04 Å². The summed E-state index contributed by atoms with van der Waals surface area (Å²) in [5.41, 5.74) is 1.19. The third kappa shape index (κ3) is 2.81. The van der Waals surface area contributed by atoms with Crippen LogP contribution in [0, 0.1) is 0 Å². The molecule has 0 spiro atoms. The Kier molecular flexibility index (Phi) is 4.60. The average Bonchev–Trinajstić information content (AvgIpc) is 2.21. The molecule has 0 aromatic carbocycles. The van der Waals surface area contributed by atoms with Crippen molar-refractivity contribution in [1.82, 2.24) is 9.88 Å². The Balaban J connectivity index is 2.71. The Hall–Kier alpha value is -0.890. The number of hydrogen-bond acceptors (Lipinski definition) is 2. The first-order valence-corrected chi connectivity index (χ1v) is 5.40. The van der Waals surface area contributed by atoms with E-state index in [-0.39, 0.29) is 0 Å². The molecule has 1 unspecified atom stereocenters. The molecule has 78 valence electrons. The van der Waals surface area contributed by atoms with Gasteiger partial charge in [0.2, 0.25) is 0 Å². The van der Waals surface area contributed by atoms with Crippen LogP contribution in [-0.4, -0.2) is 23.5 Å². The molecule has 1 atom stereocenters. The number of pyridine rings is 1. The fraction of sp³-hybridized carbons (Fsp3) is 0.583. The second-order valence-electron chi connectivity index (χ2n) is 3.66. The number of hydrogen-bond donors (Lipinski definition) is 0. The molecule has 1 aromatic rings. The van der Waals surface area contributed by atoms with Crippen molar-refractivity contribution >= 4 is 0 Å². The molecule has 0 aliphatic heterocycles. The zero-order chi connectivity index (χ0) is 10.4. The molecule has 0 saturated carbocycles. The number of aromatic nitrogens is 1. The lowest BCUT2D eigenvalue weighted by Gasteiger charge is -2.26. The van der Waals surface area contributed by atoms with Crippen LogP contribution >= 0.6 is 0 Å². The molecule has 0 radical (unpaired) electrons. The van der Waals surface area contributed by atoms with Crippen LogP contribution in [0.5, 0.6) is 0 Å². The van der Waals surface area contributed by atoms with E-state index in [9.17, 15) is 0 Å². The molecule has 0 aliphatic carbocycles. The third-order valence-corrected chi connectivity index (χ3v) is 2.52. The zero-order valence-corrected chi connectivity index (χ0v) is 9.40. The summed E-state index contributed by atoms with van der Waals surface area (Å²) >= 11 is 0. The molecular weight excluding hydrogens is 172 g/mol. The maximum absolute atomic E-state index is 4.41. The maximum Gasteiger partial charge on any atom is 0.0575 e. The maximum atomic E-state index is 4.41. The van der Waals surface area contributed by atoms with Gasteiger partial charge in [-0.1, -0.05) is 19.9 Å². The Bertz CT molecular complexity index is 246. The van der Waals surface area contributed by atoms with Crippen LogP contribution in [0.4, 0.5) is 0 Å². The molecule has 0 bridgehead atoms. The van der Waals surface area contributed by atoms with E-state index in [1.54, 1.807) is 0 Å². The van der Waals surface area contributed by atoms with Crippen molar-refractivity contribution in [3.05, 3.63) is 30.1 Å². The minimum absolute atomic E-state index is 0.469. The van der Waals surface area contributed by atoms with Crippen LogP contribution in [0.1, 0.15) is 38.4 Å². The molecule has 1 aromatic heterocycles. The highest BCUT2D eigenvalue weighted by Crippen LogP contribution is 2.20. The fourth-order valence-electron chi connectivity index (χ4n) is 1.83. The quantitative estimate of drug-likeness (QED) is 0.713. The molecule has 2 heteroatoms. The van der Waals surface area contributed by atoms with Gasteiger partial charge in [-0.25, -0.2) is 0 Å². The second kappa shape index (κ2) is 5.76. The molecule has 0 N–H and O–H groups in total. The summed E-state index contributed by atoms with van der Waals surface area (Å²) in [5.74, 6) is 0. The van der Waals surface area contributed by atoms with Crippen molar-refractivity contribution in [2.24, 2.45) is 0 Å². The summed E-state index contributed by atoms with van der Waals surface area (Å²) in [7, 11) is 2.17. The van der Waals surface area contributed by atoms with Crippen molar-refractivity contribution in [3.8, 4) is 0 Å². The number of rotatable bonds is 5. The van der Waals surface area contributed by atoms with Crippen molar-refractivity contribution in [2.45, 2.75) is 32.7 Å². The van der Waals surface area contributed by atoms with Crippen LogP contribution in [0.3, 0.4) is 0 Å². The van der Waals surface area contributed by atoms with E-state index in [1.807, 2.05) is 12.3 Å². The van der Waals surface area contributed by atoms with Gasteiger partial charge in [0, 0.05) is 6.20 Å². The minimum Gasteiger partial charge on any atom is -0.298 e. The van der Waals surface area contributed by atoms with E-state index in [0.717, 1.165) is 13.0 Å². The van der Waals surface area contributed by atoms with E-state index in [2.05, 4.69) is 42.9 Å². The van der Waals surface area contributed by atoms with Gasteiger partial charge in [0.25, 0.3) is 0 Å². The Morgan fingerprint density at radius 1 is 1.36 bits per heavy atom. The lowest BCUT2D eigenvalue weighted by atomic mass is 10.1. The summed E-state index contributed by atoms with van der Waals surface area (Å²) in [6.07, 6.45) is 4.19. The Labute approximate surface area is 87.0 Å². The van der Waals surface area contributed by atoms with Gasteiger partial charge in [0.1, 0.15) is 0 Å². The highest BCUT2D eigenvalue weighted by Gasteiger charge is 2.14. The van der Waals surface area contributed by atoms with Crippen molar-refractivity contribution < 1.29 is 0 Å². The topological polar surface area (TPSA) is 16.1 Å². The second-order valence-corrected chi connectivity index (χ2v) is 3.66. The summed E-state index contributed by atoms with van der Waals surface area (Å²) in [6.45, 7) is 5.56. The fourth-order valence-corrected chi connectivity index (χ4v) is 1.83. The van der Waals surface area contributed by atoms with Crippen LogP contribution in [-0.2, 0) is 0 Å². The lowest BCUT2D eigenvalue weighted by Crippen LogP contribution is -2.25. The number of nitrogens with zero attached hydrogens (tertiary/aromatic N) is 2. The van der Waals surface area contributed by atoms with Gasteiger partial charge in [-0.2, -0.15) is 0 Å². The van der Waals surface area contributed by atoms with E-state index >= 15 is 0 Å². The molecule has 0 amide bonds. The summed E-state index contributed by atoms with van der Waals surface area (Å²) < 4.78 is 0. The first kappa shape index (κ1) is 11.2. The van der Waals surface area contributed by atoms with Gasteiger partial charge in [-0.3, -0.25) is 9.88 Å². The van der Waals surface area contributed by atoms with Crippen LogP contribution in [0.2, 0.25) is 0 Å². The average molecular weight is 192 g/mol. The smallest absolute Gasteiger partial charge is 0.0575 e. The highest BCUT2D eigenvalue weighted by atomic mass is 15.1. The molecule has 1 rings (SSSR count). The standard InChI is InChI=1S/C12H20N2/c1-4-10-14(3)12(5-2)11-8-6-7-9-13-11/h6-9,12H,4-5,10H2,1-3H3. The van der Waals surface area contributed by atoms with Gasteiger partial charge in [-0.15, -0.1) is 0 Å². The van der Waals surface area contributed by atoms with Gasteiger partial charge in [0.15, 0.2) is 0 Å². The Morgan fingerprint density at radius 2 is 2.14 bits per heavy atom. The van der Waals surface area contributed by atoms with Gasteiger partial charge in [0.05, 0.1) is 11.7 Å². The molecule has 2 nitrogen and oxygen atoms in total. The normalized spacial score (nSPS) is 13.1. The molecule has 1 heterocycles. The zero-order valence-electron chi connectivity index (χ0n) is 9.40. The van der Waals surface area contributed by atoms with Crippen LogP contribution in [0.25, 0.3) is 0 Å². The Morgan fingerprint density at radius 3 is 2.64 bits per heavy atom. The van der Waals surface area contributed by atoms with E-state index in [4.69, 9.17) is 0 Å². The summed E-state index contributed by atoms with van der Waals surface area (Å²) in [5, 5.41) is 0. The predicted octanol–water partition coefficient (Wildman–Crippen LogP) is 2.87. The van der Waals surface area contributed by atoms with Crippen LogP contribution < -0.4 is 0 Å². The first-order chi connectivity index (χ1) is 6.79. The molecule has 0 saturated heterocycles. The molecule has 0 aliphatic rings. The van der Waals surface area contributed by atoms with Crippen molar-refractivity contribution in [3.63, 3.8) is 0 Å². The summed E-state index contributed by atoms with van der Waals surface area (Å²) in [6, 6.07) is 6.61. The lowest BCUT2D eigenvalue weighted by molar-refractivity contribution is 0.235. The van der Waals surface area contributed by atoms with Gasteiger partial charge >= 0.3 is 0 Å². The summed E-state index contributed by atoms with van der Waals surface area (Å²) in [4.78, 5) is 6.79. The van der Waals surface area contributed by atoms with E-state index < -0.39 is 0 Å². The molecule has 14 heavy (non-hydrogen) atoms. The van der Waals surface area contributed by atoms with Gasteiger partial charge < -0.3 is 0 Å². The van der Waals surface area contributed by atoms with Gasteiger partial charge in [-0.05, 0) is 38.6 Å². The van der Waals surface area contributed by atoms with Crippen molar-refractivity contribution in [1.29, 1.82) is 0 Å². The third-order valence-electron chi connectivity index (χ3n) is 2.52. The van der Waals surface area contributed by atoms with Crippen molar-refractivity contribution in [2.75, 3.05) is 13.6 Å². The molecule has 0 fully saturated rings.